The number of carbonyl (C=O) groups is 2. The minimum absolute atomic E-state index is 0.0225. The first-order valence-corrected chi connectivity index (χ1v) is 12.1. The number of hydrogen-bond acceptors (Lipinski definition) is 9. The van der Waals surface area contributed by atoms with Gasteiger partial charge in [0.1, 0.15) is 5.75 Å². The molecule has 1 aliphatic rings. The van der Waals surface area contributed by atoms with E-state index in [2.05, 4.69) is 4.98 Å². The zero-order valence-corrected chi connectivity index (χ0v) is 20.2. The number of nitrogens with zero attached hydrogens (tertiary/aromatic N) is 2. The first-order valence-electron chi connectivity index (χ1n) is 11.3. The molecule has 36 heavy (non-hydrogen) atoms. The van der Waals surface area contributed by atoms with Gasteiger partial charge in [0.25, 0.3) is 5.91 Å². The molecule has 0 spiro atoms. The predicted molar refractivity (Wildman–Crippen MR) is 133 cm³/mol. The normalized spacial score (nSPS) is 15.7. The number of carbonyl (C=O) groups excluding carboxylic acids is 2. The summed E-state index contributed by atoms with van der Waals surface area (Å²) < 4.78 is 17.1. The molecule has 184 valence electrons. The van der Waals surface area contributed by atoms with Crippen molar-refractivity contribution in [3.63, 3.8) is 0 Å². The highest BCUT2D eigenvalue weighted by atomic mass is 32.1. The van der Waals surface area contributed by atoms with Crippen LogP contribution in [0.1, 0.15) is 36.0 Å². The number of benzene rings is 2. The van der Waals surface area contributed by atoms with Crippen molar-refractivity contribution in [1.29, 1.82) is 0 Å². The quantitative estimate of drug-likeness (QED) is 0.314. The Morgan fingerprint density at radius 3 is 2.64 bits per heavy atom. The zero-order valence-electron chi connectivity index (χ0n) is 19.4. The van der Waals surface area contributed by atoms with Crippen LogP contribution in [0.4, 0.5) is 5.13 Å². The molecule has 1 aliphatic heterocycles. The number of furan rings is 1. The molecule has 4 aromatic rings. The monoisotopic (exact) mass is 506 g/mol. The van der Waals surface area contributed by atoms with Gasteiger partial charge < -0.3 is 24.1 Å². The molecule has 0 bridgehead atoms. The number of aliphatic hydroxyl groups excluding tert-OH is 1. The Morgan fingerprint density at radius 2 is 1.92 bits per heavy atom. The van der Waals surface area contributed by atoms with Gasteiger partial charge in [-0.3, -0.25) is 14.5 Å². The van der Waals surface area contributed by atoms with Crippen molar-refractivity contribution >= 4 is 38.4 Å². The number of phenols is 1. The molecular weight excluding hydrogens is 484 g/mol. The first-order chi connectivity index (χ1) is 17.4. The lowest BCUT2D eigenvalue weighted by atomic mass is 9.95. The van der Waals surface area contributed by atoms with E-state index in [1.165, 1.54) is 40.7 Å². The minimum atomic E-state index is -1.04. The van der Waals surface area contributed by atoms with Gasteiger partial charge in [-0.15, -0.1) is 0 Å². The second kappa shape index (κ2) is 9.38. The van der Waals surface area contributed by atoms with Crippen LogP contribution < -0.4 is 14.4 Å². The molecule has 1 amide bonds. The van der Waals surface area contributed by atoms with E-state index in [1.54, 1.807) is 31.2 Å². The average Bonchev–Trinajstić information content (AvgIpc) is 3.59. The first kappa shape index (κ1) is 23.4. The molecule has 0 radical (unpaired) electrons. The summed E-state index contributed by atoms with van der Waals surface area (Å²) in [5.74, 6) is -1.36. The van der Waals surface area contributed by atoms with Crippen molar-refractivity contribution in [2.45, 2.75) is 19.9 Å². The highest BCUT2D eigenvalue weighted by Gasteiger charge is 2.46. The van der Waals surface area contributed by atoms with E-state index < -0.39 is 23.5 Å². The van der Waals surface area contributed by atoms with Crippen LogP contribution >= 0.6 is 11.3 Å². The number of aromatic hydroxyl groups is 1. The van der Waals surface area contributed by atoms with Gasteiger partial charge in [0.05, 0.1) is 41.3 Å². The zero-order chi connectivity index (χ0) is 25.4. The summed E-state index contributed by atoms with van der Waals surface area (Å²) in [5.41, 5.74) is 0.922. The van der Waals surface area contributed by atoms with Gasteiger partial charge in [-0.05, 0) is 61.9 Å². The number of Topliss-reactive ketones (excluding diaryl/α,β-unsaturated/α-hetero) is 1. The highest BCUT2D eigenvalue weighted by Crippen LogP contribution is 2.46. The van der Waals surface area contributed by atoms with Crippen LogP contribution in [0.2, 0.25) is 0 Å². The predicted octanol–water partition coefficient (Wildman–Crippen LogP) is 5.18. The smallest absolute Gasteiger partial charge is 0.296 e. The number of ether oxygens (including phenoxy) is 2. The topological polar surface area (TPSA) is 122 Å². The lowest BCUT2D eigenvalue weighted by molar-refractivity contribution is -0.117. The summed E-state index contributed by atoms with van der Waals surface area (Å²) in [6.07, 6.45) is 1.34. The average molecular weight is 507 g/mol. The van der Waals surface area contributed by atoms with E-state index in [0.717, 1.165) is 4.70 Å². The fourth-order valence-corrected chi connectivity index (χ4v) is 5.14. The molecule has 9 nitrogen and oxygen atoms in total. The van der Waals surface area contributed by atoms with Crippen LogP contribution in [0.15, 0.2) is 70.5 Å². The number of aliphatic hydroxyl groups is 1. The number of amides is 1. The number of aromatic nitrogens is 1. The summed E-state index contributed by atoms with van der Waals surface area (Å²) in [6, 6.07) is 11.9. The Kier molecular flexibility index (Phi) is 6.11. The Hall–Kier alpha value is -4.31. The van der Waals surface area contributed by atoms with Crippen LogP contribution in [0.5, 0.6) is 17.2 Å². The van der Waals surface area contributed by atoms with E-state index in [0.29, 0.717) is 30.0 Å². The number of anilines is 1. The van der Waals surface area contributed by atoms with Crippen molar-refractivity contribution in [2.24, 2.45) is 0 Å². The number of thiazole rings is 1. The van der Waals surface area contributed by atoms with Gasteiger partial charge in [0.15, 0.2) is 28.1 Å². The van der Waals surface area contributed by atoms with Crippen molar-refractivity contribution < 1.29 is 33.7 Å². The standard InChI is InChI=1S/C26H22N2O7S/c1-3-33-15-8-9-16-20(13-15)36-26(27-16)28-22(14-7-10-17(29)19(12-14)34-4-2)21(24(31)25(28)32)23(30)18-6-5-11-35-18/h5-13,22,29,31H,3-4H2,1-2H3. The van der Waals surface area contributed by atoms with Crippen molar-refractivity contribution in [2.75, 3.05) is 18.1 Å². The number of phenolic OH excluding ortho intramolecular Hbond substituents is 1. The van der Waals surface area contributed by atoms with Gasteiger partial charge in [-0.25, -0.2) is 4.98 Å². The van der Waals surface area contributed by atoms with Gasteiger partial charge >= 0.3 is 0 Å². The van der Waals surface area contributed by atoms with Gasteiger partial charge in [0.2, 0.25) is 5.78 Å². The summed E-state index contributed by atoms with van der Waals surface area (Å²) in [5, 5.41) is 21.4. The second-order valence-electron chi connectivity index (χ2n) is 7.87. The third kappa shape index (κ3) is 3.95. The molecule has 5 rings (SSSR count). The van der Waals surface area contributed by atoms with Crippen LogP contribution in [-0.2, 0) is 4.79 Å². The molecule has 1 atom stereocenters. The lowest BCUT2D eigenvalue weighted by Gasteiger charge is -2.24. The van der Waals surface area contributed by atoms with E-state index in [1.807, 2.05) is 13.0 Å². The molecule has 0 saturated heterocycles. The molecule has 2 N–H and O–H groups in total. The fraction of sp³-hybridized carbons (Fsp3) is 0.192. The van der Waals surface area contributed by atoms with E-state index >= 15 is 0 Å². The number of fused-ring (bicyclic) bond motifs is 1. The van der Waals surface area contributed by atoms with Crippen molar-refractivity contribution in [3.8, 4) is 17.2 Å². The van der Waals surface area contributed by atoms with Crippen LogP contribution in [0, 0.1) is 0 Å². The molecule has 0 aliphatic carbocycles. The van der Waals surface area contributed by atoms with Crippen molar-refractivity contribution in [1.82, 2.24) is 4.98 Å². The number of hydrogen-bond donors (Lipinski definition) is 2. The minimum Gasteiger partial charge on any atom is -0.504 e. The summed E-state index contributed by atoms with van der Waals surface area (Å²) in [6.45, 7) is 4.45. The Morgan fingerprint density at radius 1 is 1.11 bits per heavy atom. The van der Waals surface area contributed by atoms with Gasteiger partial charge in [0, 0.05) is 0 Å². The van der Waals surface area contributed by atoms with Gasteiger partial charge in [-0.1, -0.05) is 17.4 Å². The molecule has 2 aromatic carbocycles. The second-order valence-corrected chi connectivity index (χ2v) is 8.87. The van der Waals surface area contributed by atoms with Crippen LogP contribution in [-0.4, -0.2) is 40.1 Å². The van der Waals surface area contributed by atoms with E-state index in [9.17, 15) is 19.8 Å². The Balaban J connectivity index is 1.66. The third-order valence-electron chi connectivity index (χ3n) is 5.66. The van der Waals surface area contributed by atoms with Gasteiger partial charge in [-0.2, -0.15) is 0 Å². The molecule has 0 fully saturated rings. The molecule has 1 unspecified atom stereocenters. The molecule has 2 aromatic heterocycles. The van der Waals surface area contributed by atoms with E-state index in [4.69, 9.17) is 13.9 Å². The summed E-state index contributed by atoms with van der Waals surface area (Å²) >= 11 is 1.23. The van der Waals surface area contributed by atoms with Crippen LogP contribution in [0.3, 0.4) is 0 Å². The third-order valence-corrected chi connectivity index (χ3v) is 6.68. The lowest BCUT2D eigenvalue weighted by Crippen LogP contribution is -2.31. The maximum Gasteiger partial charge on any atom is 0.296 e. The molecular formula is C26H22N2O7S. The van der Waals surface area contributed by atoms with Crippen molar-refractivity contribution in [3.05, 3.63) is 77.5 Å². The largest absolute Gasteiger partial charge is 0.504 e. The molecule has 3 heterocycles. The highest BCUT2D eigenvalue weighted by molar-refractivity contribution is 7.22. The molecule has 0 saturated carbocycles. The SMILES string of the molecule is CCOc1ccc2nc(N3C(=O)C(O)=C(C(=O)c4ccco4)C3c3ccc(O)c(OCC)c3)sc2c1. The fourth-order valence-electron chi connectivity index (χ4n) is 4.11. The summed E-state index contributed by atoms with van der Waals surface area (Å²) in [7, 11) is 0. The van der Waals surface area contributed by atoms with E-state index in [-0.39, 0.29) is 28.0 Å². The maximum atomic E-state index is 13.4. The maximum absolute atomic E-state index is 13.4. The Bertz CT molecular complexity index is 1490. The van der Waals surface area contributed by atoms with Crippen LogP contribution in [0.25, 0.3) is 10.2 Å². The summed E-state index contributed by atoms with van der Waals surface area (Å²) in [4.78, 5) is 32.7. The number of ketones is 1. The Labute approximate surface area is 209 Å². The number of rotatable bonds is 8. The molecule has 10 heteroatoms.